The third kappa shape index (κ3) is 3.72. The maximum atomic E-state index is 12.6. The molecule has 2 aliphatic rings. The van der Waals surface area contributed by atoms with E-state index in [0.717, 1.165) is 31.6 Å². The van der Waals surface area contributed by atoms with Crippen LogP contribution in [0.2, 0.25) is 0 Å². The number of carbonyl (C=O) groups excluding carboxylic acids is 1. The smallest absolute Gasteiger partial charge is 0.226 e. The van der Waals surface area contributed by atoms with E-state index in [0.29, 0.717) is 6.54 Å². The Hall–Kier alpha value is -2.25. The second-order valence-electron chi connectivity index (χ2n) is 6.93. The van der Waals surface area contributed by atoms with Gasteiger partial charge in [0, 0.05) is 57.4 Å². The van der Waals surface area contributed by atoms with Crippen molar-refractivity contribution < 1.29 is 9.53 Å². The van der Waals surface area contributed by atoms with Crippen molar-refractivity contribution in [1.82, 2.24) is 25.0 Å². The summed E-state index contributed by atoms with van der Waals surface area (Å²) in [6.07, 6.45) is 8.36. The van der Waals surface area contributed by atoms with E-state index >= 15 is 0 Å². The molecular formula is C18H23N5O2. The van der Waals surface area contributed by atoms with Crippen molar-refractivity contribution in [3.05, 3.63) is 48.0 Å². The van der Waals surface area contributed by atoms with Gasteiger partial charge in [0.2, 0.25) is 5.91 Å². The molecule has 2 fully saturated rings. The summed E-state index contributed by atoms with van der Waals surface area (Å²) >= 11 is 0. The molecule has 7 nitrogen and oxygen atoms in total. The van der Waals surface area contributed by atoms with Crippen molar-refractivity contribution in [2.75, 3.05) is 13.1 Å². The first-order valence-electron chi connectivity index (χ1n) is 8.69. The normalized spacial score (nSPS) is 25.9. The lowest BCUT2D eigenvalue weighted by atomic mass is 9.99. The van der Waals surface area contributed by atoms with Crippen molar-refractivity contribution in [2.24, 2.45) is 13.0 Å². The second kappa shape index (κ2) is 6.93. The third-order valence-corrected chi connectivity index (χ3v) is 4.92. The molecule has 2 aromatic heterocycles. The number of ether oxygens (including phenoxy) is 1. The minimum Gasteiger partial charge on any atom is -0.371 e. The van der Waals surface area contributed by atoms with Gasteiger partial charge in [-0.3, -0.25) is 19.4 Å². The summed E-state index contributed by atoms with van der Waals surface area (Å²) in [4.78, 5) is 19.0. The third-order valence-electron chi connectivity index (χ3n) is 4.92. The molecule has 0 radical (unpaired) electrons. The van der Waals surface area contributed by atoms with Gasteiger partial charge >= 0.3 is 0 Å². The lowest BCUT2D eigenvalue weighted by Crippen LogP contribution is -2.44. The molecule has 2 saturated heterocycles. The van der Waals surface area contributed by atoms with Gasteiger partial charge in [-0.1, -0.05) is 6.07 Å². The SMILES string of the molecule is Cn1cc(CN2C[C@H]3C[C@@H](C(=O)NCc4cccnc4)[C@@H](C2)O3)cn1. The number of hydrogen-bond donors (Lipinski definition) is 1. The first-order valence-corrected chi connectivity index (χ1v) is 8.69. The van der Waals surface area contributed by atoms with E-state index in [1.54, 1.807) is 12.4 Å². The standard InChI is InChI=1S/C18H23N5O2/c1-22-9-14(8-21-22)10-23-11-15-5-16(17(12-23)25-15)18(24)20-7-13-3-2-4-19-6-13/h2-4,6,8-9,15-17H,5,7,10-12H2,1H3,(H,20,24)/t15-,16-,17-/m1/s1. The van der Waals surface area contributed by atoms with Crippen LogP contribution in [0.3, 0.4) is 0 Å². The van der Waals surface area contributed by atoms with Crippen LogP contribution in [0.5, 0.6) is 0 Å². The van der Waals surface area contributed by atoms with Crippen LogP contribution >= 0.6 is 0 Å². The van der Waals surface area contributed by atoms with Crippen LogP contribution in [0.15, 0.2) is 36.9 Å². The zero-order chi connectivity index (χ0) is 17.2. The minimum atomic E-state index is -0.0689. The number of hydrogen-bond acceptors (Lipinski definition) is 5. The average molecular weight is 341 g/mol. The Balaban J connectivity index is 1.33. The molecule has 0 aliphatic carbocycles. The molecule has 3 atom stereocenters. The Morgan fingerprint density at radius 1 is 1.36 bits per heavy atom. The monoisotopic (exact) mass is 341 g/mol. The minimum absolute atomic E-state index is 0.0238. The van der Waals surface area contributed by atoms with E-state index < -0.39 is 0 Å². The number of nitrogens with zero attached hydrogens (tertiary/aromatic N) is 4. The highest BCUT2D eigenvalue weighted by Gasteiger charge is 2.44. The summed E-state index contributed by atoms with van der Waals surface area (Å²) in [6, 6.07) is 3.84. The lowest BCUT2D eigenvalue weighted by Gasteiger charge is -2.32. The number of fused-ring (bicyclic) bond motifs is 2. The number of nitrogens with one attached hydrogen (secondary N) is 1. The zero-order valence-electron chi connectivity index (χ0n) is 14.3. The van der Waals surface area contributed by atoms with Gasteiger partial charge in [0.05, 0.1) is 24.3 Å². The van der Waals surface area contributed by atoms with E-state index in [4.69, 9.17) is 4.74 Å². The van der Waals surface area contributed by atoms with Gasteiger partial charge in [0.25, 0.3) is 0 Å². The van der Waals surface area contributed by atoms with Crippen LogP contribution in [-0.2, 0) is 29.7 Å². The quantitative estimate of drug-likeness (QED) is 0.868. The van der Waals surface area contributed by atoms with Gasteiger partial charge in [0.15, 0.2) is 0 Å². The van der Waals surface area contributed by atoms with Gasteiger partial charge in [-0.25, -0.2) is 0 Å². The summed E-state index contributed by atoms with van der Waals surface area (Å²) in [5.74, 6) is 0.0140. The first-order chi connectivity index (χ1) is 12.2. The van der Waals surface area contributed by atoms with Crippen molar-refractivity contribution in [3.8, 4) is 0 Å². The molecule has 1 amide bonds. The largest absolute Gasteiger partial charge is 0.371 e. The van der Waals surface area contributed by atoms with Crippen LogP contribution in [0.25, 0.3) is 0 Å². The Morgan fingerprint density at radius 3 is 3.04 bits per heavy atom. The molecule has 0 unspecified atom stereocenters. The Labute approximate surface area is 147 Å². The molecular weight excluding hydrogens is 318 g/mol. The molecule has 0 aromatic carbocycles. The van der Waals surface area contributed by atoms with Crippen LogP contribution in [0.1, 0.15) is 17.5 Å². The highest BCUT2D eigenvalue weighted by Crippen LogP contribution is 2.32. The zero-order valence-corrected chi connectivity index (χ0v) is 14.3. The average Bonchev–Trinajstić information content (AvgIpc) is 3.16. The van der Waals surface area contributed by atoms with Crippen LogP contribution in [0, 0.1) is 5.92 Å². The molecule has 0 spiro atoms. The molecule has 2 bridgehead atoms. The number of carbonyl (C=O) groups is 1. The number of aryl methyl sites for hydroxylation is 1. The fraction of sp³-hybridized carbons (Fsp3) is 0.500. The van der Waals surface area contributed by atoms with Crippen molar-refractivity contribution in [3.63, 3.8) is 0 Å². The number of amides is 1. The topological polar surface area (TPSA) is 72.3 Å². The van der Waals surface area contributed by atoms with Gasteiger partial charge in [0.1, 0.15) is 0 Å². The number of pyridine rings is 1. The Kier molecular flexibility index (Phi) is 4.50. The van der Waals surface area contributed by atoms with Gasteiger partial charge < -0.3 is 10.1 Å². The maximum absolute atomic E-state index is 12.6. The summed E-state index contributed by atoms with van der Waals surface area (Å²) < 4.78 is 7.84. The molecule has 2 aliphatic heterocycles. The summed E-state index contributed by atoms with van der Waals surface area (Å²) in [7, 11) is 1.93. The Morgan fingerprint density at radius 2 is 2.28 bits per heavy atom. The summed E-state index contributed by atoms with van der Waals surface area (Å²) in [6.45, 7) is 3.03. The molecule has 7 heteroatoms. The van der Waals surface area contributed by atoms with Gasteiger partial charge in [-0.2, -0.15) is 5.10 Å². The fourth-order valence-corrected chi connectivity index (χ4v) is 3.78. The summed E-state index contributed by atoms with van der Waals surface area (Å²) in [5, 5.41) is 7.25. The first kappa shape index (κ1) is 16.2. The van der Waals surface area contributed by atoms with Crippen LogP contribution in [0.4, 0.5) is 0 Å². The number of morpholine rings is 1. The molecule has 0 saturated carbocycles. The lowest BCUT2D eigenvalue weighted by molar-refractivity contribution is -0.128. The van der Waals surface area contributed by atoms with E-state index in [-0.39, 0.29) is 24.0 Å². The summed E-state index contributed by atoms with van der Waals surface area (Å²) in [5.41, 5.74) is 2.21. The number of likely N-dealkylation sites (tertiary alicyclic amines) is 1. The number of aromatic nitrogens is 3. The van der Waals surface area contributed by atoms with Crippen LogP contribution < -0.4 is 5.32 Å². The van der Waals surface area contributed by atoms with E-state index in [2.05, 4.69) is 20.3 Å². The Bertz CT molecular complexity index is 732. The molecule has 132 valence electrons. The van der Waals surface area contributed by atoms with E-state index in [1.165, 1.54) is 5.56 Å². The molecule has 4 rings (SSSR count). The van der Waals surface area contributed by atoms with Crippen molar-refractivity contribution in [1.29, 1.82) is 0 Å². The molecule has 2 aromatic rings. The predicted octanol–water partition coefficient (Wildman–Crippen LogP) is 0.721. The van der Waals surface area contributed by atoms with Gasteiger partial charge in [-0.15, -0.1) is 0 Å². The van der Waals surface area contributed by atoms with Gasteiger partial charge in [-0.05, 0) is 18.1 Å². The highest BCUT2D eigenvalue weighted by atomic mass is 16.5. The highest BCUT2D eigenvalue weighted by molar-refractivity contribution is 5.79. The molecule has 25 heavy (non-hydrogen) atoms. The van der Waals surface area contributed by atoms with Crippen LogP contribution in [-0.4, -0.2) is 50.9 Å². The van der Waals surface area contributed by atoms with Crippen molar-refractivity contribution in [2.45, 2.75) is 31.7 Å². The molecule has 4 heterocycles. The molecule has 1 N–H and O–H groups in total. The van der Waals surface area contributed by atoms with E-state index in [9.17, 15) is 4.79 Å². The maximum Gasteiger partial charge on any atom is 0.226 e. The fourth-order valence-electron chi connectivity index (χ4n) is 3.78. The van der Waals surface area contributed by atoms with E-state index in [1.807, 2.05) is 36.3 Å². The predicted molar refractivity (Wildman–Crippen MR) is 91.3 cm³/mol. The van der Waals surface area contributed by atoms with Crippen molar-refractivity contribution >= 4 is 5.91 Å². The second-order valence-corrected chi connectivity index (χ2v) is 6.93. The number of rotatable bonds is 5.